The van der Waals surface area contributed by atoms with Crippen LogP contribution in [0.25, 0.3) is 0 Å². The minimum Gasteiger partial charge on any atom is -0.497 e. The van der Waals surface area contributed by atoms with E-state index in [-0.39, 0.29) is 10.6 Å². The highest BCUT2D eigenvalue weighted by Gasteiger charge is 2.15. The molecular formula is C13H12O4S2. The molecule has 0 bridgehead atoms. The van der Waals surface area contributed by atoms with Gasteiger partial charge in [-0.1, -0.05) is 6.07 Å². The summed E-state index contributed by atoms with van der Waals surface area (Å²) in [6.45, 7) is 0. The highest BCUT2D eigenvalue weighted by Crippen LogP contribution is 2.22. The fourth-order valence-corrected chi connectivity index (χ4v) is 3.62. The maximum Gasteiger partial charge on any atom is 0.346 e. The Hall–Kier alpha value is -1.66. The van der Waals surface area contributed by atoms with Gasteiger partial charge in [-0.3, -0.25) is 4.21 Å². The van der Waals surface area contributed by atoms with E-state index in [1.54, 1.807) is 42.8 Å². The van der Waals surface area contributed by atoms with E-state index in [1.807, 2.05) is 0 Å². The Balaban J connectivity index is 2.20. The average molecular weight is 296 g/mol. The highest BCUT2D eigenvalue weighted by atomic mass is 32.2. The number of carboxylic acids is 1. The Kier molecular flexibility index (Phi) is 4.34. The number of ether oxygens (including phenoxy) is 1. The molecule has 1 N–H and O–H groups in total. The van der Waals surface area contributed by atoms with E-state index in [9.17, 15) is 9.00 Å². The molecule has 0 saturated carbocycles. The van der Waals surface area contributed by atoms with Crippen molar-refractivity contribution in [1.82, 2.24) is 0 Å². The first-order valence-corrected chi connectivity index (χ1v) is 7.63. The van der Waals surface area contributed by atoms with Gasteiger partial charge in [0.05, 0.1) is 23.7 Å². The predicted octanol–water partition coefficient (Wildman–Crippen LogP) is 2.76. The predicted molar refractivity (Wildman–Crippen MR) is 74.4 cm³/mol. The molecule has 1 aromatic heterocycles. The molecule has 1 unspecified atom stereocenters. The first-order valence-electron chi connectivity index (χ1n) is 5.44. The number of aromatic carboxylic acids is 1. The molecule has 6 heteroatoms. The summed E-state index contributed by atoms with van der Waals surface area (Å²) in [5.41, 5.74) is 0.596. The summed E-state index contributed by atoms with van der Waals surface area (Å²) in [4.78, 5) is 11.9. The van der Waals surface area contributed by atoms with E-state index in [4.69, 9.17) is 9.84 Å². The van der Waals surface area contributed by atoms with Crippen LogP contribution in [0.1, 0.15) is 15.2 Å². The molecule has 1 atom stereocenters. The third-order valence-electron chi connectivity index (χ3n) is 2.53. The Morgan fingerprint density at radius 1 is 1.42 bits per heavy atom. The van der Waals surface area contributed by atoms with Gasteiger partial charge in [0.25, 0.3) is 0 Å². The van der Waals surface area contributed by atoms with Gasteiger partial charge in [0.2, 0.25) is 0 Å². The summed E-state index contributed by atoms with van der Waals surface area (Å²) in [6.07, 6.45) is 0. The summed E-state index contributed by atoms with van der Waals surface area (Å²) < 4.78 is 17.3. The second-order valence-electron chi connectivity index (χ2n) is 3.75. The van der Waals surface area contributed by atoms with Gasteiger partial charge < -0.3 is 9.84 Å². The van der Waals surface area contributed by atoms with Gasteiger partial charge in [-0.25, -0.2) is 4.79 Å². The van der Waals surface area contributed by atoms with Crippen LogP contribution in [0.3, 0.4) is 0 Å². The summed E-state index contributed by atoms with van der Waals surface area (Å²) in [7, 11) is 0.257. The zero-order chi connectivity index (χ0) is 13.8. The number of carboxylic acid groups (broad SMARTS) is 1. The van der Waals surface area contributed by atoms with Crippen LogP contribution in [0, 0.1) is 0 Å². The van der Waals surface area contributed by atoms with Crippen molar-refractivity contribution in [3.8, 4) is 5.75 Å². The molecule has 0 aliphatic heterocycles. The normalized spacial score (nSPS) is 12.1. The second-order valence-corrected chi connectivity index (χ2v) is 6.12. The van der Waals surface area contributed by atoms with Gasteiger partial charge in [-0.15, -0.1) is 11.3 Å². The van der Waals surface area contributed by atoms with E-state index < -0.39 is 16.8 Å². The topological polar surface area (TPSA) is 63.6 Å². The smallest absolute Gasteiger partial charge is 0.346 e. The zero-order valence-electron chi connectivity index (χ0n) is 10.2. The fraction of sp³-hybridized carbons (Fsp3) is 0.154. The first kappa shape index (κ1) is 13.8. The van der Waals surface area contributed by atoms with Crippen LogP contribution < -0.4 is 4.74 Å². The van der Waals surface area contributed by atoms with Crippen LogP contribution in [0.2, 0.25) is 0 Å². The van der Waals surface area contributed by atoms with E-state index in [2.05, 4.69) is 0 Å². The number of methoxy groups -OCH3 is 1. The molecular weight excluding hydrogens is 284 g/mol. The van der Waals surface area contributed by atoms with Crippen molar-refractivity contribution in [2.45, 2.75) is 10.6 Å². The van der Waals surface area contributed by atoms with Gasteiger partial charge in [-0.05, 0) is 35.2 Å². The van der Waals surface area contributed by atoms with Crippen molar-refractivity contribution in [3.63, 3.8) is 0 Å². The van der Waals surface area contributed by atoms with Gasteiger partial charge in [0.15, 0.2) is 0 Å². The minimum atomic E-state index is -1.29. The fourth-order valence-electron chi connectivity index (χ4n) is 1.60. The lowest BCUT2D eigenvalue weighted by Crippen LogP contribution is -2.02. The van der Waals surface area contributed by atoms with Gasteiger partial charge in [-0.2, -0.15) is 0 Å². The highest BCUT2D eigenvalue weighted by molar-refractivity contribution is 7.84. The minimum absolute atomic E-state index is 0.193. The van der Waals surface area contributed by atoms with Crippen LogP contribution in [0.15, 0.2) is 40.6 Å². The van der Waals surface area contributed by atoms with Gasteiger partial charge in [0.1, 0.15) is 10.6 Å². The van der Waals surface area contributed by atoms with Crippen LogP contribution in [0.5, 0.6) is 5.75 Å². The second kappa shape index (κ2) is 5.99. The molecule has 0 amide bonds. The molecule has 0 radical (unpaired) electrons. The first-order chi connectivity index (χ1) is 9.11. The van der Waals surface area contributed by atoms with Crippen molar-refractivity contribution >= 4 is 28.1 Å². The van der Waals surface area contributed by atoms with Gasteiger partial charge in [0, 0.05) is 4.90 Å². The third kappa shape index (κ3) is 3.21. The molecule has 1 heterocycles. The van der Waals surface area contributed by atoms with Crippen LogP contribution >= 0.6 is 11.3 Å². The number of benzene rings is 1. The standard InChI is InChI=1S/C13H12O4S2/c1-17-10-3-2-4-11(7-10)19(16)8-9-5-6-18-12(9)13(14)15/h2-7H,8H2,1H3,(H,14,15). The number of hydrogen-bond acceptors (Lipinski definition) is 4. The molecule has 0 spiro atoms. The van der Waals surface area contributed by atoms with Crippen LogP contribution in [-0.2, 0) is 16.6 Å². The maximum absolute atomic E-state index is 12.2. The zero-order valence-corrected chi connectivity index (χ0v) is 11.8. The van der Waals surface area contributed by atoms with Crippen LogP contribution in [0.4, 0.5) is 0 Å². The summed E-state index contributed by atoms with van der Waals surface area (Å²) in [5.74, 6) is -0.152. The molecule has 100 valence electrons. The Labute approximate surface area is 117 Å². The van der Waals surface area contributed by atoms with Crippen molar-refractivity contribution < 1.29 is 18.8 Å². The van der Waals surface area contributed by atoms with E-state index >= 15 is 0 Å². The molecule has 1 aromatic carbocycles. The Bertz CT molecular complexity index is 619. The number of carbonyl (C=O) groups is 1. The lowest BCUT2D eigenvalue weighted by Gasteiger charge is -2.04. The SMILES string of the molecule is COc1cccc(S(=O)Cc2ccsc2C(=O)O)c1. The molecule has 2 rings (SSSR count). The molecule has 2 aromatic rings. The van der Waals surface area contributed by atoms with Crippen LogP contribution in [-0.4, -0.2) is 22.4 Å². The molecule has 0 aliphatic carbocycles. The molecule has 19 heavy (non-hydrogen) atoms. The summed E-state index contributed by atoms with van der Waals surface area (Å²) in [6, 6.07) is 8.67. The van der Waals surface area contributed by atoms with Crippen molar-refractivity contribution in [1.29, 1.82) is 0 Å². The monoisotopic (exact) mass is 296 g/mol. The maximum atomic E-state index is 12.2. The van der Waals surface area contributed by atoms with E-state index in [0.29, 0.717) is 16.2 Å². The molecule has 0 aliphatic rings. The quantitative estimate of drug-likeness (QED) is 0.921. The average Bonchev–Trinajstić information content (AvgIpc) is 2.87. The summed E-state index contributed by atoms with van der Waals surface area (Å²) >= 11 is 1.14. The van der Waals surface area contributed by atoms with E-state index in [0.717, 1.165) is 11.3 Å². The summed E-state index contributed by atoms with van der Waals surface area (Å²) in [5, 5.41) is 10.7. The molecule has 4 nitrogen and oxygen atoms in total. The largest absolute Gasteiger partial charge is 0.497 e. The Morgan fingerprint density at radius 2 is 2.21 bits per heavy atom. The molecule has 0 fully saturated rings. The van der Waals surface area contributed by atoms with Crippen molar-refractivity contribution in [3.05, 3.63) is 46.2 Å². The third-order valence-corrected chi connectivity index (χ3v) is 4.83. The lowest BCUT2D eigenvalue weighted by molar-refractivity contribution is 0.0701. The van der Waals surface area contributed by atoms with E-state index in [1.165, 1.54) is 0 Å². The Morgan fingerprint density at radius 3 is 2.89 bits per heavy atom. The number of rotatable bonds is 5. The lowest BCUT2D eigenvalue weighted by atomic mass is 10.3. The molecule has 0 saturated heterocycles. The van der Waals surface area contributed by atoms with Gasteiger partial charge >= 0.3 is 5.97 Å². The van der Waals surface area contributed by atoms with Crippen molar-refractivity contribution in [2.24, 2.45) is 0 Å². The van der Waals surface area contributed by atoms with Crippen molar-refractivity contribution in [2.75, 3.05) is 7.11 Å². The number of hydrogen-bond donors (Lipinski definition) is 1. The number of thiophene rings is 1.